The number of carbonyl (C=O) groups is 1. The summed E-state index contributed by atoms with van der Waals surface area (Å²) in [5, 5.41) is 4.25. The molecule has 2 aromatic rings. The molecule has 0 spiro atoms. The van der Waals surface area contributed by atoms with Gasteiger partial charge >= 0.3 is 0 Å². The molecular formula is C19H16ClNOS. The second-order valence-electron chi connectivity index (χ2n) is 5.84. The average molecular weight is 342 g/mol. The van der Waals surface area contributed by atoms with Crippen LogP contribution in [-0.2, 0) is 4.79 Å². The zero-order chi connectivity index (χ0) is 15.8. The number of benzene rings is 2. The number of allylic oxidation sites excluding steroid dienone is 1. The van der Waals surface area contributed by atoms with Gasteiger partial charge in [-0.25, -0.2) is 0 Å². The monoisotopic (exact) mass is 341 g/mol. The van der Waals surface area contributed by atoms with Gasteiger partial charge in [0.1, 0.15) is 0 Å². The summed E-state index contributed by atoms with van der Waals surface area (Å²) in [5.41, 5.74) is 4.23. The van der Waals surface area contributed by atoms with Crippen molar-refractivity contribution in [2.45, 2.75) is 29.4 Å². The molecule has 1 aliphatic heterocycles. The largest absolute Gasteiger partial charge is 0.358 e. The molecule has 0 radical (unpaired) electrons. The second kappa shape index (κ2) is 6.06. The van der Waals surface area contributed by atoms with Crippen LogP contribution >= 0.6 is 23.4 Å². The fourth-order valence-corrected chi connectivity index (χ4v) is 4.66. The summed E-state index contributed by atoms with van der Waals surface area (Å²) < 4.78 is 0. The molecule has 23 heavy (non-hydrogen) atoms. The van der Waals surface area contributed by atoms with Crippen molar-refractivity contribution in [3.8, 4) is 0 Å². The first-order chi connectivity index (χ1) is 11.2. The SMILES string of the molecule is O=C1CCCC2=C1C(c1ccc(Cl)cc1)Sc1ccccc1N2. The Morgan fingerprint density at radius 1 is 1.04 bits per heavy atom. The molecule has 0 bridgehead atoms. The third-order valence-electron chi connectivity index (χ3n) is 4.31. The predicted octanol–water partition coefficient (Wildman–Crippen LogP) is 5.61. The topological polar surface area (TPSA) is 29.1 Å². The number of hydrogen-bond acceptors (Lipinski definition) is 3. The number of nitrogens with one attached hydrogen (secondary N) is 1. The Balaban J connectivity index is 1.86. The lowest BCUT2D eigenvalue weighted by molar-refractivity contribution is -0.116. The predicted molar refractivity (Wildman–Crippen MR) is 96.0 cm³/mol. The Labute approximate surface area is 144 Å². The Bertz CT molecular complexity index is 797. The van der Waals surface area contributed by atoms with Crippen molar-refractivity contribution in [2.24, 2.45) is 0 Å². The summed E-state index contributed by atoms with van der Waals surface area (Å²) in [6.07, 6.45) is 2.49. The molecule has 0 saturated carbocycles. The summed E-state index contributed by atoms with van der Waals surface area (Å²) in [5.74, 6) is 0.263. The van der Waals surface area contributed by atoms with Crippen LogP contribution in [0.25, 0.3) is 0 Å². The highest BCUT2D eigenvalue weighted by molar-refractivity contribution is 8.00. The fourth-order valence-electron chi connectivity index (χ4n) is 3.19. The molecule has 1 aliphatic carbocycles. The minimum atomic E-state index is 0.0196. The summed E-state index contributed by atoms with van der Waals surface area (Å²) in [6, 6.07) is 16.1. The number of para-hydroxylation sites is 1. The number of carbonyl (C=O) groups excluding carboxylic acids is 1. The van der Waals surface area contributed by atoms with Crippen molar-refractivity contribution in [3.63, 3.8) is 0 Å². The minimum Gasteiger partial charge on any atom is -0.358 e. The van der Waals surface area contributed by atoms with E-state index >= 15 is 0 Å². The molecule has 0 fully saturated rings. The van der Waals surface area contributed by atoms with Gasteiger partial charge in [-0.3, -0.25) is 4.79 Å². The van der Waals surface area contributed by atoms with Crippen molar-refractivity contribution >= 4 is 34.8 Å². The molecule has 1 atom stereocenters. The van der Waals surface area contributed by atoms with Gasteiger partial charge in [0.05, 0.1) is 10.9 Å². The maximum atomic E-state index is 12.6. The highest BCUT2D eigenvalue weighted by Crippen LogP contribution is 2.49. The van der Waals surface area contributed by atoms with Crippen LogP contribution in [0.2, 0.25) is 5.02 Å². The van der Waals surface area contributed by atoms with Gasteiger partial charge in [-0.15, -0.1) is 11.8 Å². The van der Waals surface area contributed by atoms with E-state index in [9.17, 15) is 4.79 Å². The smallest absolute Gasteiger partial charge is 0.162 e. The van der Waals surface area contributed by atoms with Crippen molar-refractivity contribution < 1.29 is 4.79 Å². The minimum absolute atomic E-state index is 0.0196. The molecule has 2 aromatic carbocycles. The molecule has 116 valence electrons. The average Bonchev–Trinajstić information content (AvgIpc) is 2.73. The molecular weight excluding hydrogens is 326 g/mol. The lowest BCUT2D eigenvalue weighted by Crippen LogP contribution is -2.19. The maximum absolute atomic E-state index is 12.6. The zero-order valence-corrected chi connectivity index (χ0v) is 14.1. The number of fused-ring (bicyclic) bond motifs is 1. The number of thioether (sulfide) groups is 1. The van der Waals surface area contributed by atoms with E-state index in [0.29, 0.717) is 6.42 Å². The quantitative estimate of drug-likeness (QED) is 0.731. The zero-order valence-electron chi connectivity index (χ0n) is 12.5. The summed E-state index contributed by atoms with van der Waals surface area (Å²) in [7, 11) is 0. The van der Waals surface area contributed by atoms with Crippen molar-refractivity contribution in [1.29, 1.82) is 0 Å². The second-order valence-corrected chi connectivity index (χ2v) is 7.42. The molecule has 1 N–H and O–H groups in total. The van der Waals surface area contributed by atoms with Gasteiger partial charge in [-0.1, -0.05) is 35.9 Å². The van der Waals surface area contributed by atoms with Crippen LogP contribution in [0, 0.1) is 0 Å². The number of anilines is 1. The Morgan fingerprint density at radius 2 is 1.83 bits per heavy atom. The Kier molecular flexibility index (Phi) is 3.92. The van der Waals surface area contributed by atoms with Crippen molar-refractivity contribution in [3.05, 3.63) is 70.4 Å². The van der Waals surface area contributed by atoms with E-state index in [-0.39, 0.29) is 11.0 Å². The van der Waals surface area contributed by atoms with E-state index in [4.69, 9.17) is 11.6 Å². The molecule has 1 unspecified atom stereocenters. The van der Waals surface area contributed by atoms with Crippen molar-refractivity contribution in [2.75, 3.05) is 5.32 Å². The molecule has 0 saturated heterocycles. The number of halogens is 1. The Hall–Kier alpha value is -1.71. The van der Waals surface area contributed by atoms with Crippen LogP contribution in [-0.4, -0.2) is 5.78 Å². The summed E-state index contributed by atoms with van der Waals surface area (Å²) in [4.78, 5) is 13.8. The highest BCUT2D eigenvalue weighted by Gasteiger charge is 2.32. The van der Waals surface area contributed by atoms with Crippen LogP contribution in [0.15, 0.2) is 64.7 Å². The van der Waals surface area contributed by atoms with Gasteiger partial charge in [0.2, 0.25) is 0 Å². The van der Waals surface area contributed by atoms with Gasteiger partial charge < -0.3 is 5.32 Å². The first-order valence-corrected chi connectivity index (χ1v) is 9.02. The normalized spacial score (nSPS) is 20.4. The van der Waals surface area contributed by atoms with Crippen LogP contribution in [0.3, 0.4) is 0 Å². The van der Waals surface area contributed by atoms with E-state index < -0.39 is 0 Å². The first kappa shape index (κ1) is 14.9. The molecule has 4 heteroatoms. The number of ketones is 1. The number of Topliss-reactive ketones (excluding diaryl/α,β-unsaturated/α-hetero) is 1. The van der Waals surface area contributed by atoms with E-state index in [1.54, 1.807) is 11.8 Å². The summed E-state index contributed by atoms with van der Waals surface area (Å²) in [6.45, 7) is 0. The first-order valence-electron chi connectivity index (χ1n) is 7.77. The number of hydrogen-bond donors (Lipinski definition) is 1. The van der Waals surface area contributed by atoms with Gasteiger partial charge in [0.15, 0.2) is 5.78 Å². The fraction of sp³-hybridized carbons (Fsp3) is 0.211. The molecule has 1 heterocycles. The summed E-state index contributed by atoms with van der Waals surface area (Å²) >= 11 is 7.77. The maximum Gasteiger partial charge on any atom is 0.162 e. The van der Waals surface area contributed by atoms with Crippen molar-refractivity contribution in [1.82, 2.24) is 0 Å². The van der Waals surface area contributed by atoms with Gasteiger partial charge in [0.25, 0.3) is 0 Å². The molecule has 2 nitrogen and oxygen atoms in total. The molecule has 2 aliphatic rings. The van der Waals surface area contributed by atoms with Crippen LogP contribution in [0.5, 0.6) is 0 Å². The lowest BCUT2D eigenvalue weighted by Gasteiger charge is -2.24. The van der Waals surface area contributed by atoms with Gasteiger partial charge in [-0.2, -0.15) is 0 Å². The molecule has 0 amide bonds. The van der Waals surface area contributed by atoms with E-state index in [1.165, 1.54) is 4.90 Å². The molecule has 0 aromatic heterocycles. The lowest BCUT2D eigenvalue weighted by atomic mass is 9.89. The number of rotatable bonds is 1. The van der Waals surface area contributed by atoms with E-state index in [2.05, 4.69) is 17.4 Å². The van der Waals surface area contributed by atoms with Gasteiger partial charge in [-0.05, 0) is 42.7 Å². The Morgan fingerprint density at radius 3 is 2.65 bits per heavy atom. The highest BCUT2D eigenvalue weighted by atomic mass is 35.5. The van der Waals surface area contributed by atoms with E-state index in [1.807, 2.05) is 36.4 Å². The van der Waals surface area contributed by atoms with Gasteiger partial charge in [0, 0.05) is 27.6 Å². The van der Waals surface area contributed by atoms with Crippen LogP contribution < -0.4 is 5.32 Å². The van der Waals surface area contributed by atoms with Crippen LogP contribution in [0.4, 0.5) is 5.69 Å². The standard InChI is InChI=1S/C19H16ClNOS/c20-13-10-8-12(9-11-13)19-18-15(5-3-6-16(18)22)21-14-4-1-2-7-17(14)23-19/h1-2,4,7-11,19,21H,3,5-6H2. The van der Waals surface area contributed by atoms with E-state index in [0.717, 1.165) is 40.4 Å². The molecule has 4 rings (SSSR count). The van der Waals surface area contributed by atoms with Crippen LogP contribution in [0.1, 0.15) is 30.1 Å². The third-order valence-corrected chi connectivity index (χ3v) is 5.91. The third kappa shape index (κ3) is 2.79.